The van der Waals surface area contributed by atoms with Crippen molar-refractivity contribution >= 4 is 28.5 Å². The molecule has 3 aromatic heterocycles. The summed E-state index contributed by atoms with van der Waals surface area (Å²) in [7, 11) is 0. The van der Waals surface area contributed by atoms with Crippen LogP contribution in [0.3, 0.4) is 0 Å². The summed E-state index contributed by atoms with van der Waals surface area (Å²) in [4.78, 5) is 11.4. The van der Waals surface area contributed by atoms with E-state index in [2.05, 4.69) is 30.2 Å². The lowest BCUT2D eigenvalue weighted by Gasteiger charge is -2.28. The summed E-state index contributed by atoms with van der Waals surface area (Å²) in [5, 5.41) is 14.0. The van der Waals surface area contributed by atoms with Crippen molar-refractivity contribution < 1.29 is 0 Å². The van der Waals surface area contributed by atoms with Crippen LogP contribution in [0.5, 0.6) is 0 Å². The molecule has 0 bridgehead atoms. The zero-order valence-corrected chi connectivity index (χ0v) is 17.3. The molecule has 0 aliphatic carbocycles. The van der Waals surface area contributed by atoms with Crippen molar-refractivity contribution in [3.05, 3.63) is 83.4 Å². The zero-order valence-electron chi connectivity index (χ0n) is 16.5. The molecule has 0 radical (unpaired) electrons. The average molecular weight is 428 g/mol. The molecular weight excluding hydrogens is 410 g/mol. The van der Waals surface area contributed by atoms with Crippen LogP contribution in [0.25, 0.3) is 28.0 Å². The normalized spacial score (nSPS) is 13.5. The van der Waals surface area contributed by atoms with Gasteiger partial charge in [-0.3, -0.25) is 5.10 Å². The lowest BCUT2D eigenvalue weighted by Crippen LogP contribution is -2.31. The molecule has 0 saturated heterocycles. The number of rotatable bonds is 3. The number of halogens is 1. The van der Waals surface area contributed by atoms with Crippen LogP contribution in [0.4, 0.5) is 5.82 Å². The molecule has 7 nitrogen and oxygen atoms in total. The van der Waals surface area contributed by atoms with Gasteiger partial charge in [0.15, 0.2) is 5.65 Å². The van der Waals surface area contributed by atoms with Gasteiger partial charge >= 0.3 is 0 Å². The van der Waals surface area contributed by atoms with E-state index in [-0.39, 0.29) is 0 Å². The molecule has 1 N–H and O–H groups in total. The number of aromatic nitrogens is 6. The second kappa shape index (κ2) is 7.21. The van der Waals surface area contributed by atoms with Gasteiger partial charge in [-0.15, -0.1) is 0 Å². The minimum atomic E-state index is 0.702. The Balaban J connectivity index is 1.40. The Morgan fingerprint density at radius 1 is 1.00 bits per heavy atom. The first kappa shape index (κ1) is 18.1. The third-order valence-corrected chi connectivity index (χ3v) is 5.91. The quantitative estimate of drug-likeness (QED) is 0.461. The molecule has 4 heterocycles. The topological polar surface area (TPSA) is 75.5 Å². The van der Waals surface area contributed by atoms with Gasteiger partial charge in [0, 0.05) is 41.4 Å². The molecule has 0 fully saturated rings. The summed E-state index contributed by atoms with van der Waals surface area (Å²) in [5.41, 5.74) is 6.06. The number of fused-ring (bicyclic) bond motifs is 2. The summed E-state index contributed by atoms with van der Waals surface area (Å²) in [6, 6.07) is 17.8. The minimum Gasteiger partial charge on any atom is -0.351 e. The number of nitrogens with one attached hydrogen (secondary N) is 1. The maximum Gasteiger partial charge on any atom is 0.168 e. The van der Waals surface area contributed by atoms with Gasteiger partial charge in [0.1, 0.15) is 12.1 Å². The van der Waals surface area contributed by atoms with E-state index < -0.39 is 0 Å². The van der Waals surface area contributed by atoms with Crippen molar-refractivity contribution in [3.8, 4) is 16.9 Å². The van der Waals surface area contributed by atoms with Gasteiger partial charge in [-0.05, 0) is 24.3 Å². The van der Waals surface area contributed by atoms with Crippen molar-refractivity contribution in [1.29, 1.82) is 0 Å². The maximum absolute atomic E-state index is 6.21. The Morgan fingerprint density at radius 2 is 1.90 bits per heavy atom. The van der Waals surface area contributed by atoms with Crippen molar-refractivity contribution in [3.63, 3.8) is 0 Å². The van der Waals surface area contributed by atoms with Crippen LogP contribution in [0, 0.1) is 0 Å². The number of anilines is 1. The van der Waals surface area contributed by atoms with Crippen molar-refractivity contribution in [1.82, 2.24) is 29.9 Å². The van der Waals surface area contributed by atoms with Crippen LogP contribution >= 0.6 is 11.6 Å². The monoisotopic (exact) mass is 427 g/mol. The van der Waals surface area contributed by atoms with Gasteiger partial charge in [-0.1, -0.05) is 41.9 Å². The second-order valence-corrected chi connectivity index (χ2v) is 7.97. The molecule has 8 heteroatoms. The summed E-state index contributed by atoms with van der Waals surface area (Å²) >= 11 is 6.21. The summed E-state index contributed by atoms with van der Waals surface area (Å²) in [6.45, 7) is 1.54. The fourth-order valence-corrected chi connectivity index (χ4v) is 4.38. The van der Waals surface area contributed by atoms with Crippen molar-refractivity contribution in [2.75, 3.05) is 11.4 Å². The number of benzene rings is 2. The molecule has 6 rings (SSSR count). The molecule has 152 valence electrons. The van der Waals surface area contributed by atoms with E-state index in [4.69, 9.17) is 11.6 Å². The Morgan fingerprint density at radius 3 is 2.77 bits per heavy atom. The second-order valence-electron chi connectivity index (χ2n) is 7.54. The maximum atomic E-state index is 6.21. The fraction of sp³-hybridized carbons (Fsp3) is 0.130. The summed E-state index contributed by atoms with van der Waals surface area (Å²) in [6.07, 6.45) is 4.32. The Labute approximate surface area is 183 Å². The van der Waals surface area contributed by atoms with E-state index in [0.717, 1.165) is 52.5 Å². The van der Waals surface area contributed by atoms with Gasteiger partial charge in [0.2, 0.25) is 0 Å². The van der Waals surface area contributed by atoms with Crippen LogP contribution in [0.15, 0.2) is 67.1 Å². The third-order valence-electron chi connectivity index (χ3n) is 5.68. The van der Waals surface area contributed by atoms with Crippen LogP contribution in [0.1, 0.15) is 11.3 Å². The summed E-state index contributed by atoms with van der Waals surface area (Å²) in [5.74, 6) is 0.885. The SMILES string of the molecule is Clc1cccc(-c2n[nH]c3c2CN(c2ncnc4c2cnn4-c2ccccc2)CC3)c1. The smallest absolute Gasteiger partial charge is 0.168 e. The van der Waals surface area contributed by atoms with Crippen molar-refractivity contribution in [2.45, 2.75) is 13.0 Å². The number of nitrogens with zero attached hydrogens (tertiary/aromatic N) is 6. The Bertz CT molecular complexity index is 1390. The van der Waals surface area contributed by atoms with Crippen LogP contribution in [-0.4, -0.2) is 36.5 Å². The average Bonchev–Trinajstić information content (AvgIpc) is 3.43. The van der Waals surface area contributed by atoms with Gasteiger partial charge in [0.05, 0.1) is 23.0 Å². The highest BCUT2D eigenvalue weighted by Crippen LogP contribution is 2.33. The molecule has 5 aromatic rings. The van der Waals surface area contributed by atoms with Crippen LogP contribution < -0.4 is 4.90 Å². The largest absolute Gasteiger partial charge is 0.351 e. The molecule has 0 unspecified atom stereocenters. The van der Waals surface area contributed by atoms with E-state index in [1.54, 1.807) is 6.33 Å². The fourth-order valence-electron chi connectivity index (χ4n) is 4.19. The molecule has 1 aliphatic heterocycles. The van der Waals surface area contributed by atoms with Gasteiger partial charge < -0.3 is 4.90 Å². The molecule has 1 aliphatic rings. The first-order valence-corrected chi connectivity index (χ1v) is 10.5. The molecular formula is C23H18ClN7. The van der Waals surface area contributed by atoms with E-state index in [9.17, 15) is 0 Å². The third kappa shape index (κ3) is 3.05. The van der Waals surface area contributed by atoms with Crippen molar-refractivity contribution in [2.24, 2.45) is 0 Å². The van der Waals surface area contributed by atoms with Crippen LogP contribution in [-0.2, 0) is 13.0 Å². The summed E-state index contributed by atoms with van der Waals surface area (Å²) < 4.78 is 1.85. The van der Waals surface area contributed by atoms with E-state index in [1.165, 1.54) is 5.56 Å². The predicted molar refractivity (Wildman–Crippen MR) is 120 cm³/mol. The Hall–Kier alpha value is -3.71. The number of aromatic amines is 1. The standard InChI is InChI=1S/C23H18ClN7/c24-16-6-4-5-15(11-16)21-19-13-30(10-9-20(19)28-29-21)22-18-12-27-31(23(18)26-14-25-22)17-7-2-1-3-8-17/h1-8,11-12,14H,9-10,13H2,(H,28,29). The molecule has 0 saturated carbocycles. The minimum absolute atomic E-state index is 0.702. The number of hydrogen-bond acceptors (Lipinski definition) is 5. The predicted octanol–water partition coefficient (Wildman–Crippen LogP) is 4.42. The lowest BCUT2D eigenvalue weighted by atomic mass is 10.0. The van der Waals surface area contributed by atoms with Crippen LogP contribution in [0.2, 0.25) is 5.02 Å². The lowest BCUT2D eigenvalue weighted by molar-refractivity contribution is 0.713. The molecule has 31 heavy (non-hydrogen) atoms. The van der Waals surface area contributed by atoms with E-state index >= 15 is 0 Å². The van der Waals surface area contributed by atoms with Gasteiger partial charge in [-0.25, -0.2) is 14.6 Å². The van der Waals surface area contributed by atoms with E-state index in [1.807, 2.05) is 65.5 Å². The highest BCUT2D eigenvalue weighted by Gasteiger charge is 2.25. The molecule has 0 atom stereocenters. The number of H-pyrrole nitrogens is 1. The first-order chi connectivity index (χ1) is 15.3. The molecule has 0 amide bonds. The highest BCUT2D eigenvalue weighted by atomic mass is 35.5. The first-order valence-electron chi connectivity index (χ1n) is 10.1. The zero-order chi connectivity index (χ0) is 20.8. The highest BCUT2D eigenvalue weighted by molar-refractivity contribution is 6.30. The van der Waals surface area contributed by atoms with E-state index in [0.29, 0.717) is 11.6 Å². The Kier molecular flexibility index (Phi) is 4.21. The molecule has 2 aromatic carbocycles. The number of hydrogen-bond donors (Lipinski definition) is 1. The number of para-hydroxylation sites is 1. The van der Waals surface area contributed by atoms with Gasteiger partial charge in [-0.2, -0.15) is 10.2 Å². The van der Waals surface area contributed by atoms with Gasteiger partial charge in [0.25, 0.3) is 0 Å². The molecule has 0 spiro atoms.